The van der Waals surface area contributed by atoms with Crippen molar-refractivity contribution in [3.8, 4) is 0 Å². The smallest absolute Gasteiger partial charge is 0.230 e. The van der Waals surface area contributed by atoms with Crippen LogP contribution in [0.15, 0.2) is 29.4 Å². The van der Waals surface area contributed by atoms with Crippen molar-refractivity contribution in [3.05, 3.63) is 24.3 Å². The fraction of sp³-hybridized carbons (Fsp3) is 0.385. The van der Waals surface area contributed by atoms with E-state index in [9.17, 15) is 4.79 Å². The Labute approximate surface area is 116 Å². The number of hydrogen-bond acceptors (Lipinski definition) is 4. The molecular weight excluding hydrogens is 262 g/mol. The highest BCUT2D eigenvalue weighted by Crippen LogP contribution is 2.26. The van der Waals surface area contributed by atoms with Gasteiger partial charge in [-0.1, -0.05) is 23.9 Å². The standard InChI is InChI=1S/C13H17N3O2S/c1-9(12(14)17)19-13-15-10-5-3-4-6-11(10)16(13)7-8-18-2/h3-6,9H,7-8H2,1-2H3,(H2,14,17). The number of fused-ring (bicyclic) bond motifs is 1. The van der Waals surface area contributed by atoms with E-state index in [-0.39, 0.29) is 11.2 Å². The predicted molar refractivity (Wildman–Crippen MR) is 76.1 cm³/mol. The number of benzene rings is 1. The van der Waals surface area contributed by atoms with E-state index in [0.717, 1.165) is 16.2 Å². The number of methoxy groups -OCH3 is 1. The minimum atomic E-state index is -0.338. The van der Waals surface area contributed by atoms with Gasteiger partial charge in [0.1, 0.15) is 0 Å². The second-order valence-corrected chi connectivity index (χ2v) is 5.50. The molecule has 1 aromatic carbocycles. The molecular formula is C13H17N3O2S. The zero-order valence-electron chi connectivity index (χ0n) is 11.0. The van der Waals surface area contributed by atoms with Crippen molar-refractivity contribution in [2.45, 2.75) is 23.9 Å². The number of carbonyl (C=O) groups is 1. The van der Waals surface area contributed by atoms with Crippen LogP contribution in [0.2, 0.25) is 0 Å². The predicted octanol–water partition coefficient (Wildman–Crippen LogP) is 1.65. The highest BCUT2D eigenvalue weighted by Gasteiger charge is 2.17. The number of nitrogens with zero attached hydrogens (tertiary/aromatic N) is 2. The molecule has 2 rings (SSSR count). The summed E-state index contributed by atoms with van der Waals surface area (Å²) < 4.78 is 7.18. The highest BCUT2D eigenvalue weighted by atomic mass is 32.2. The maximum atomic E-state index is 11.2. The van der Waals surface area contributed by atoms with Crippen molar-refractivity contribution >= 4 is 28.7 Å². The third-order valence-electron chi connectivity index (χ3n) is 2.82. The van der Waals surface area contributed by atoms with Gasteiger partial charge in [0.05, 0.1) is 22.9 Å². The van der Waals surface area contributed by atoms with Crippen LogP contribution in [0.5, 0.6) is 0 Å². The number of nitrogens with two attached hydrogens (primary N) is 1. The van der Waals surface area contributed by atoms with Crippen LogP contribution in [-0.4, -0.2) is 34.4 Å². The molecule has 0 bridgehead atoms. The molecule has 102 valence electrons. The Bertz CT molecular complexity index is 582. The van der Waals surface area contributed by atoms with Gasteiger partial charge in [0.2, 0.25) is 5.91 Å². The van der Waals surface area contributed by atoms with Crippen LogP contribution in [0.4, 0.5) is 0 Å². The third kappa shape index (κ3) is 3.08. The van der Waals surface area contributed by atoms with Crippen LogP contribution in [0.25, 0.3) is 11.0 Å². The van der Waals surface area contributed by atoms with Crippen LogP contribution >= 0.6 is 11.8 Å². The highest BCUT2D eigenvalue weighted by molar-refractivity contribution is 8.00. The Balaban J connectivity index is 2.37. The second kappa shape index (κ2) is 6.08. The zero-order chi connectivity index (χ0) is 13.8. The lowest BCUT2D eigenvalue weighted by Gasteiger charge is -2.10. The van der Waals surface area contributed by atoms with Gasteiger partial charge >= 0.3 is 0 Å². The molecule has 0 fully saturated rings. The monoisotopic (exact) mass is 279 g/mol. The number of ether oxygens (including phenoxy) is 1. The van der Waals surface area contributed by atoms with Gasteiger partial charge in [-0.25, -0.2) is 4.98 Å². The zero-order valence-corrected chi connectivity index (χ0v) is 11.8. The molecule has 0 aliphatic carbocycles. The first-order valence-electron chi connectivity index (χ1n) is 6.03. The number of aromatic nitrogens is 2. The Morgan fingerprint density at radius 2 is 2.26 bits per heavy atom. The lowest BCUT2D eigenvalue weighted by molar-refractivity contribution is -0.117. The van der Waals surface area contributed by atoms with Gasteiger partial charge in [-0.05, 0) is 19.1 Å². The maximum Gasteiger partial charge on any atom is 0.230 e. The number of carbonyl (C=O) groups excluding carboxylic acids is 1. The van der Waals surface area contributed by atoms with Crippen LogP contribution in [-0.2, 0) is 16.1 Å². The molecule has 1 unspecified atom stereocenters. The van der Waals surface area contributed by atoms with E-state index in [1.54, 1.807) is 14.0 Å². The third-order valence-corrected chi connectivity index (χ3v) is 3.93. The van der Waals surface area contributed by atoms with Crippen molar-refractivity contribution in [3.63, 3.8) is 0 Å². The molecule has 0 aliphatic heterocycles. The number of primary amides is 1. The summed E-state index contributed by atoms with van der Waals surface area (Å²) in [5.41, 5.74) is 7.26. The molecule has 0 saturated heterocycles. The summed E-state index contributed by atoms with van der Waals surface area (Å²) >= 11 is 1.38. The molecule has 0 radical (unpaired) electrons. The molecule has 5 nitrogen and oxygen atoms in total. The maximum absolute atomic E-state index is 11.2. The van der Waals surface area contributed by atoms with E-state index in [0.29, 0.717) is 13.2 Å². The lowest BCUT2D eigenvalue weighted by Crippen LogP contribution is -2.23. The molecule has 1 amide bonds. The first kappa shape index (κ1) is 13.9. The number of para-hydroxylation sites is 2. The van der Waals surface area contributed by atoms with Gasteiger partial charge in [0.25, 0.3) is 0 Å². The fourth-order valence-electron chi connectivity index (χ4n) is 1.76. The van der Waals surface area contributed by atoms with E-state index in [2.05, 4.69) is 9.55 Å². The average Bonchev–Trinajstić information content (AvgIpc) is 2.73. The van der Waals surface area contributed by atoms with Crippen molar-refractivity contribution in [2.24, 2.45) is 5.73 Å². The lowest BCUT2D eigenvalue weighted by atomic mass is 10.3. The molecule has 0 aliphatic rings. The first-order valence-corrected chi connectivity index (χ1v) is 6.91. The van der Waals surface area contributed by atoms with Crippen LogP contribution in [0.3, 0.4) is 0 Å². The topological polar surface area (TPSA) is 70.1 Å². The summed E-state index contributed by atoms with van der Waals surface area (Å²) in [6.07, 6.45) is 0. The number of rotatable bonds is 6. The Morgan fingerprint density at radius 1 is 1.53 bits per heavy atom. The van der Waals surface area contributed by atoms with Gasteiger partial charge in [-0.3, -0.25) is 4.79 Å². The summed E-state index contributed by atoms with van der Waals surface area (Å²) in [4.78, 5) is 15.7. The van der Waals surface area contributed by atoms with E-state index in [4.69, 9.17) is 10.5 Å². The molecule has 2 aromatic rings. The van der Waals surface area contributed by atoms with Crippen LogP contribution in [0.1, 0.15) is 6.92 Å². The molecule has 2 N–H and O–H groups in total. The summed E-state index contributed by atoms with van der Waals surface area (Å²) in [6.45, 7) is 3.08. The fourth-order valence-corrected chi connectivity index (χ4v) is 2.66. The molecule has 6 heteroatoms. The second-order valence-electron chi connectivity index (χ2n) is 4.19. The van der Waals surface area contributed by atoms with Crippen LogP contribution < -0.4 is 5.73 Å². The molecule has 1 atom stereocenters. The minimum absolute atomic E-state index is 0.307. The summed E-state index contributed by atoms with van der Waals surface area (Å²) in [7, 11) is 1.66. The first-order chi connectivity index (χ1) is 9.13. The average molecular weight is 279 g/mol. The van der Waals surface area contributed by atoms with Gasteiger partial charge in [0.15, 0.2) is 5.16 Å². The van der Waals surface area contributed by atoms with Crippen molar-refractivity contribution in [1.82, 2.24) is 9.55 Å². The number of amides is 1. The van der Waals surface area contributed by atoms with Crippen molar-refractivity contribution in [1.29, 1.82) is 0 Å². The van der Waals surface area contributed by atoms with Crippen molar-refractivity contribution in [2.75, 3.05) is 13.7 Å². The van der Waals surface area contributed by atoms with Crippen LogP contribution in [0, 0.1) is 0 Å². The Morgan fingerprint density at radius 3 is 2.95 bits per heavy atom. The SMILES string of the molecule is COCCn1c(SC(C)C(N)=O)nc2ccccc21. The Hall–Kier alpha value is -1.53. The van der Waals surface area contributed by atoms with E-state index in [1.807, 2.05) is 24.3 Å². The summed E-state index contributed by atoms with van der Waals surface area (Å²) in [5, 5.41) is 0.489. The van der Waals surface area contributed by atoms with Gasteiger partial charge in [-0.15, -0.1) is 0 Å². The molecule has 1 heterocycles. The van der Waals surface area contributed by atoms with Crippen molar-refractivity contribution < 1.29 is 9.53 Å². The summed E-state index contributed by atoms with van der Waals surface area (Å²) in [5.74, 6) is -0.338. The normalized spacial score (nSPS) is 12.7. The Kier molecular flexibility index (Phi) is 4.44. The molecule has 19 heavy (non-hydrogen) atoms. The summed E-state index contributed by atoms with van der Waals surface area (Å²) in [6, 6.07) is 7.88. The molecule has 0 saturated carbocycles. The van der Waals surface area contributed by atoms with Gasteiger partial charge < -0.3 is 15.0 Å². The number of thioether (sulfide) groups is 1. The largest absolute Gasteiger partial charge is 0.383 e. The van der Waals surface area contributed by atoms with E-state index < -0.39 is 0 Å². The number of imidazole rings is 1. The van der Waals surface area contributed by atoms with Gasteiger partial charge in [0, 0.05) is 13.7 Å². The van der Waals surface area contributed by atoms with E-state index >= 15 is 0 Å². The van der Waals surface area contributed by atoms with E-state index in [1.165, 1.54) is 11.8 Å². The quantitative estimate of drug-likeness (QED) is 0.816. The minimum Gasteiger partial charge on any atom is -0.383 e. The molecule has 0 spiro atoms. The number of hydrogen-bond donors (Lipinski definition) is 1. The van der Waals surface area contributed by atoms with Gasteiger partial charge in [-0.2, -0.15) is 0 Å². The molecule has 1 aromatic heterocycles.